The van der Waals surface area contributed by atoms with E-state index in [-0.39, 0.29) is 6.54 Å². The molecule has 0 unspecified atom stereocenters. The maximum absolute atomic E-state index is 13.3. The van der Waals surface area contributed by atoms with Gasteiger partial charge in [-0.3, -0.25) is 10.1 Å². The van der Waals surface area contributed by atoms with Gasteiger partial charge in [0.05, 0.1) is 4.92 Å². The SMILES string of the molecule is CC(C)(C)OC(=O)NCc1ccc([N+](=O)[O-])c(F)c1. The number of ether oxygens (including phenoxy) is 1. The standard InChI is InChI=1S/C12H15FN2O4/c1-12(2,3)19-11(16)14-7-8-4-5-10(15(17)18)9(13)6-8/h4-6H,7H2,1-3H3,(H,14,16). The van der Waals surface area contributed by atoms with E-state index in [9.17, 15) is 19.3 Å². The van der Waals surface area contributed by atoms with Gasteiger partial charge in [-0.2, -0.15) is 4.39 Å². The molecule has 0 heterocycles. The Morgan fingerprint density at radius 2 is 2.11 bits per heavy atom. The zero-order valence-corrected chi connectivity index (χ0v) is 10.9. The van der Waals surface area contributed by atoms with Gasteiger partial charge in [0.15, 0.2) is 0 Å². The molecule has 0 aromatic heterocycles. The number of nitro benzene ring substituents is 1. The summed E-state index contributed by atoms with van der Waals surface area (Å²) in [6, 6.07) is 3.44. The van der Waals surface area contributed by atoms with Crippen LogP contribution in [0.15, 0.2) is 18.2 Å². The zero-order chi connectivity index (χ0) is 14.6. The van der Waals surface area contributed by atoms with Crippen LogP contribution in [0.4, 0.5) is 14.9 Å². The molecular weight excluding hydrogens is 255 g/mol. The average Bonchev–Trinajstić information content (AvgIpc) is 2.23. The van der Waals surface area contributed by atoms with Crippen LogP contribution >= 0.6 is 0 Å². The first kappa shape index (κ1) is 14.9. The number of carbonyl (C=O) groups excluding carboxylic acids is 1. The molecule has 19 heavy (non-hydrogen) atoms. The van der Waals surface area contributed by atoms with Crippen molar-refractivity contribution in [2.24, 2.45) is 0 Å². The molecule has 0 spiro atoms. The largest absolute Gasteiger partial charge is 0.444 e. The molecule has 1 aromatic rings. The molecule has 1 amide bonds. The molecule has 0 fully saturated rings. The third-order valence-corrected chi connectivity index (χ3v) is 2.04. The van der Waals surface area contributed by atoms with Crippen LogP contribution in [0, 0.1) is 15.9 Å². The summed E-state index contributed by atoms with van der Waals surface area (Å²) in [5.41, 5.74) is -0.805. The number of alkyl carbamates (subject to hydrolysis) is 1. The fraction of sp³-hybridized carbons (Fsp3) is 0.417. The Balaban J connectivity index is 2.62. The quantitative estimate of drug-likeness (QED) is 0.676. The fourth-order valence-electron chi connectivity index (χ4n) is 1.30. The zero-order valence-electron chi connectivity index (χ0n) is 10.9. The molecule has 1 aromatic carbocycles. The lowest BCUT2D eigenvalue weighted by molar-refractivity contribution is -0.387. The Morgan fingerprint density at radius 1 is 1.47 bits per heavy atom. The number of amides is 1. The summed E-state index contributed by atoms with van der Waals surface area (Å²) in [6.45, 7) is 5.19. The van der Waals surface area contributed by atoms with E-state index in [2.05, 4.69) is 5.32 Å². The van der Waals surface area contributed by atoms with Gasteiger partial charge in [0.25, 0.3) is 0 Å². The van der Waals surface area contributed by atoms with Crippen molar-refractivity contribution in [3.8, 4) is 0 Å². The van der Waals surface area contributed by atoms with E-state index in [1.54, 1.807) is 20.8 Å². The molecule has 0 aliphatic carbocycles. The molecule has 0 radical (unpaired) electrons. The van der Waals surface area contributed by atoms with Gasteiger partial charge in [-0.25, -0.2) is 4.79 Å². The molecule has 0 saturated carbocycles. The summed E-state index contributed by atoms with van der Waals surface area (Å²) in [7, 11) is 0. The maximum Gasteiger partial charge on any atom is 0.407 e. The van der Waals surface area contributed by atoms with Crippen LogP contribution in [0.3, 0.4) is 0 Å². The first-order valence-corrected chi connectivity index (χ1v) is 5.59. The third-order valence-electron chi connectivity index (χ3n) is 2.04. The van der Waals surface area contributed by atoms with Gasteiger partial charge in [-0.15, -0.1) is 0 Å². The summed E-state index contributed by atoms with van der Waals surface area (Å²) in [6.07, 6.45) is -0.633. The predicted octanol–water partition coefficient (Wildman–Crippen LogP) is 2.76. The van der Waals surface area contributed by atoms with Crippen LogP contribution in [0.25, 0.3) is 0 Å². The number of nitrogens with zero attached hydrogens (tertiary/aromatic N) is 1. The third kappa shape index (κ3) is 4.90. The van der Waals surface area contributed by atoms with Gasteiger partial charge in [-0.1, -0.05) is 6.07 Å². The minimum absolute atomic E-state index is 0.0316. The minimum Gasteiger partial charge on any atom is -0.444 e. The van der Waals surface area contributed by atoms with Crippen molar-refractivity contribution in [3.05, 3.63) is 39.7 Å². The van der Waals surface area contributed by atoms with Crippen LogP contribution < -0.4 is 5.32 Å². The second kappa shape index (κ2) is 5.64. The van der Waals surface area contributed by atoms with E-state index in [0.29, 0.717) is 5.56 Å². The number of halogens is 1. The Hall–Kier alpha value is -2.18. The molecule has 104 valence electrons. The van der Waals surface area contributed by atoms with Crippen LogP contribution in [0.5, 0.6) is 0 Å². The summed E-state index contributed by atoms with van der Waals surface area (Å²) in [5.74, 6) is -0.937. The lowest BCUT2D eigenvalue weighted by atomic mass is 10.2. The molecule has 0 atom stereocenters. The number of hydrogen-bond acceptors (Lipinski definition) is 4. The van der Waals surface area contributed by atoms with E-state index in [1.165, 1.54) is 6.07 Å². The van der Waals surface area contributed by atoms with Gasteiger partial charge < -0.3 is 10.1 Å². The van der Waals surface area contributed by atoms with Crippen molar-refractivity contribution in [3.63, 3.8) is 0 Å². The molecule has 1 N–H and O–H groups in total. The highest BCUT2D eigenvalue weighted by atomic mass is 19.1. The van der Waals surface area contributed by atoms with Gasteiger partial charge in [0, 0.05) is 12.6 Å². The molecule has 0 aliphatic heterocycles. The predicted molar refractivity (Wildman–Crippen MR) is 66.1 cm³/mol. The number of nitro groups is 1. The smallest absolute Gasteiger partial charge is 0.407 e. The van der Waals surface area contributed by atoms with Gasteiger partial charge >= 0.3 is 11.8 Å². The molecule has 6 nitrogen and oxygen atoms in total. The normalized spacial score (nSPS) is 10.9. The van der Waals surface area contributed by atoms with Crippen molar-refractivity contribution in [1.82, 2.24) is 5.32 Å². The number of rotatable bonds is 3. The van der Waals surface area contributed by atoms with Gasteiger partial charge in [-0.05, 0) is 32.4 Å². The van der Waals surface area contributed by atoms with E-state index in [0.717, 1.165) is 12.1 Å². The van der Waals surface area contributed by atoms with Crippen LogP contribution in [-0.2, 0) is 11.3 Å². The summed E-state index contributed by atoms with van der Waals surface area (Å²) in [4.78, 5) is 21.0. The highest BCUT2D eigenvalue weighted by Crippen LogP contribution is 2.18. The van der Waals surface area contributed by atoms with Crippen molar-refractivity contribution < 1.29 is 18.8 Å². The number of hydrogen-bond donors (Lipinski definition) is 1. The summed E-state index contributed by atoms with van der Waals surface area (Å²) < 4.78 is 18.3. The highest BCUT2D eigenvalue weighted by Gasteiger charge is 2.17. The van der Waals surface area contributed by atoms with E-state index in [1.807, 2.05) is 0 Å². The topological polar surface area (TPSA) is 81.5 Å². The average molecular weight is 270 g/mol. The molecule has 1 rings (SSSR count). The Morgan fingerprint density at radius 3 is 2.58 bits per heavy atom. The Bertz CT molecular complexity index is 497. The summed E-state index contributed by atoms with van der Waals surface area (Å²) in [5, 5.41) is 12.9. The van der Waals surface area contributed by atoms with Gasteiger partial charge in [0.2, 0.25) is 5.82 Å². The van der Waals surface area contributed by atoms with Crippen molar-refractivity contribution in [1.29, 1.82) is 0 Å². The van der Waals surface area contributed by atoms with Crippen molar-refractivity contribution in [2.75, 3.05) is 0 Å². The molecular formula is C12H15FN2O4. The molecule has 0 bridgehead atoms. The summed E-state index contributed by atoms with van der Waals surface area (Å²) >= 11 is 0. The number of benzene rings is 1. The van der Waals surface area contributed by atoms with Crippen LogP contribution in [0.1, 0.15) is 26.3 Å². The minimum atomic E-state index is -0.937. The van der Waals surface area contributed by atoms with Crippen LogP contribution in [0.2, 0.25) is 0 Å². The second-order valence-corrected chi connectivity index (χ2v) is 4.90. The Labute approximate surface area is 109 Å². The van der Waals surface area contributed by atoms with E-state index in [4.69, 9.17) is 4.74 Å². The van der Waals surface area contributed by atoms with Crippen molar-refractivity contribution in [2.45, 2.75) is 32.9 Å². The molecule has 0 aliphatic rings. The Kier molecular flexibility index (Phi) is 4.42. The van der Waals surface area contributed by atoms with Crippen LogP contribution in [-0.4, -0.2) is 16.6 Å². The maximum atomic E-state index is 13.3. The lowest BCUT2D eigenvalue weighted by Gasteiger charge is -2.19. The number of carbonyl (C=O) groups is 1. The second-order valence-electron chi connectivity index (χ2n) is 4.90. The van der Waals surface area contributed by atoms with E-state index >= 15 is 0 Å². The fourth-order valence-corrected chi connectivity index (χ4v) is 1.30. The molecule has 7 heteroatoms. The number of nitrogens with one attached hydrogen (secondary N) is 1. The monoisotopic (exact) mass is 270 g/mol. The first-order valence-electron chi connectivity index (χ1n) is 5.59. The highest BCUT2D eigenvalue weighted by molar-refractivity contribution is 5.67. The molecule has 0 saturated heterocycles. The lowest BCUT2D eigenvalue weighted by Crippen LogP contribution is -2.32. The first-order chi connectivity index (χ1) is 8.69. The van der Waals surface area contributed by atoms with Gasteiger partial charge in [0.1, 0.15) is 5.60 Å². The van der Waals surface area contributed by atoms with Crippen molar-refractivity contribution >= 4 is 11.8 Å². The van der Waals surface area contributed by atoms with E-state index < -0.39 is 28.1 Å².